The van der Waals surface area contributed by atoms with Crippen molar-refractivity contribution in [2.75, 3.05) is 32.6 Å². The molecule has 6 nitrogen and oxygen atoms in total. The Bertz CT molecular complexity index is 396. The largest absolute Gasteiger partial charge is 0.495 e. The first kappa shape index (κ1) is 14.3. The maximum atomic E-state index is 11.5. The predicted octanol–water partition coefficient (Wildman–Crippen LogP) is 0.320. The predicted molar refractivity (Wildman–Crippen MR) is 71.7 cm³/mol. The molecular formula is C12H20N4O2. The Morgan fingerprint density at radius 2 is 2.17 bits per heavy atom. The van der Waals surface area contributed by atoms with Crippen LogP contribution in [0.3, 0.4) is 0 Å². The standard InChI is InChI=1S/C12H20N4O2/c1-14-12(17)9-4-5-10(11(8-9)18-2)15-6-3-7-16-13/h4-5,8,15-16H,3,6-7,13H2,1-2H3,(H,14,17). The van der Waals surface area contributed by atoms with E-state index in [-0.39, 0.29) is 5.91 Å². The lowest BCUT2D eigenvalue weighted by Crippen LogP contribution is -2.24. The van der Waals surface area contributed by atoms with Gasteiger partial charge in [-0.05, 0) is 24.6 Å². The van der Waals surface area contributed by atoms with Gasteiger partial charge in [-0.15, -0.1) is 0 Å². The highest BCUT2D eigenvalue weighted by atomic mass is 16.5. The number of anilines is 1. The number of methoxy groups -OCH3 is 1. The highest BCUT2D eigenvalue weighted by Gasteiger charge is 2.08. The molecular weight excluding hydrogens is 232 g/mol. The molecule has 0 aromatic heterocycles. The van der Waals surface area contributed by atoms with Crippen LogP contribution in [0.15, 0.2) is 18.2 Å². The normalized spacial score (nSPS) is 9.94. The van der Waals surface area contributed by atoms with Crippen LogP contribution in [0.4, 0.5) is 5.69 Å². The zero-order valence-electron chi connectivity index (χ0n) is 10.7. The highest BCUT2D eigenvalue weighted by Crippen LogP contribution is 2.25. The minimum atomic E-state index is -0.132. The Morgan fingerprint density at radius 1 is 1.39 bits per heavy atom. The average molecular weight is 252 g/mol. The van der Waals surface area contributed by atoms with Gasteiger partial charge >= 0.3 is 0 Å². The topological polar surface area (TPSA) is 88.4 Å². The zero-order chi connectivity index (χ0) is 13.4. The van der Waals surface area contributed by atoms with E-state index in [2.05, 4.69) is 16.1 Å². The summed E-state index contributed by atoms with van der Waals surface area (Å²) in [7, 11) is 3.18. The molecule has 1 aromatic carbocycles. The fourth-order valence-electron chi connectivity index (χ4n) is 1.54. The lowest BCUT2D eigenvalue weighted by molar-refractivity contribution is 0.0963. The summed E-state index contributed by atoms with van der Waals surface area (Å²) in [6.07, 6.45) is 0.900. The van der Waals surface area contributed by atoms with Crippen molar-refractivity contribution in [2.45, 2.75) is 6.42 Å². The van der Waals surface area contributed by atoms with Crippen LogP contribution in [-0.4, -0.2) is 33.2 Å². The van der Waals surface area contributed by atoms with Gasteiger partial charge in [-0.25, -0.2) is 0 Å². The molecule has 0 aliphatic heterocycles. The van der Waals surface area contributed by atoms with Gasteiger partial charge in [0.15, 0.2) is 0 Å². The molecule has 0 aliphatic rings. The summed E-state index contributed by atoms with van der Waals surface area (Å²) in [5, 5.41) is 5.81. The first-order chi connectivity index (χ1) is 8.72. The highest BCUT2D eigenvalue weighted by molar-refractivity contribution is 5.95. The Kier molecular flexibility index (Phi) is 5.96. The van der Waals surface area contributed by atoms with Gasteiger partial charge in [-0.3, -0.25) is 16.1 Å². The summed E-state index contributed by atoms with van der Waals surface area (Å²) in [6.45, 7) is 1.52. The van der Waals surface area contributed by atoms with E-state index < -0.39 is 0 Å². The fraction of sp³-hybridized carbons (Fsp3) is 0.417. The number of nitrogens with two attached hydrogens (primary N) is 1. The molecule has 1 aromatic rings. The second kappa shape index (κ2) is 7.52. The van der Waals surface area contributed by atoms with E-state index in [9.17, 15) is 4.79 Å². The molecule has 0 bridgehead atoms. The van der Waals surface area contributed by atoms with Crippen molar-refractivity contribution < 1.29 is 9.53 Å². The maximum absolute atomic E-state index is 11.5. The molecule has 1 rings (SSSR count). The second-order valence-corrected chi connectivity index (χ2v) is 3.73. The van der Waals surface area contributed by atoms with Gasteiger partial charge in [0.25, 0.3) is 5.91 Å². The number of carbonyl (C=O) groups excluding carboxylic acids is 1. The quantitative estimate of drug-likeness (QED) is 0.319. The minimum absolute atomic E-state index is 0.132. The SMILES string of the molecule is CNC(=O)c1ccc(NCCCNN)c(OC)c1. The Balaban J connectivity index is 2.71. The molecule has 0 fully saturated rings. The number of rotatable bonds is 7. The van der Waals surface area contributed by atoms with Gasteiger partial charge in [0.05, 0.1) is 12.8 Å². The summed E-state index contributed by atoms with van der Waals surface area (Å²) < 4.78 is 5.25. The average Bonchev–Trinajstić information content (AvgIpc) is 2.42. The summed E-state index contributed by atoms with van der Waals surface area (Å²) >= 11 is 0. The van der Waals surface area contributed by atoms with Crippen LogP contribution in [0.1, 0.15) is 16.8 Å². The summed E-state index contributed by atoms with van der Waals surface area (Å²) in [6, 6.07) is 5.30. The van der Waals surface area contributed by atoms with Gasteiger partial charge in [0.2, 0.25) is 0 Å². The van der Waals surface area contributed by atoms with Gasteiger partial charge in [0, 0.05) is 25.7 Å². The fourth-order valence-corrected chi connectivity index (χ4v) is 1.54. The van der Waals surface area contributed by atoms with Gasteiger partial charge in [-0.1, -0.05) is 0 Å². The summed E-state index contributed by atoms with van der Waals surface area (Å²) in [5.74, 6) is 5.70. The number of amides is 1. The number of hydrazine groups is 1. The molecule has 100 valence electrons. The van der Waals surface area contributed by atoms with E-state index in [0.717, 1.165) is 25.2 Å². The van der Waals surface area contributed by atoms with Crippen molar-refractivity contribution in [3.8, 4) is 5.75 Å². The van der Waals surface area contributed by atoms with Crippen molar-refractivity contribution in [1.29, 1.82) is 0 Å². The maximum Gasteiger partial charge on any atom is 0.251 e. The van der Waals surface area contributed by atoms with Crippen molar-refractivity contribution >= 4 is 11.6 Å². The Hall–Kier alpha value is -1.79. The Labute approximate surface area is 107 Å². The summed E-state index contributed by atoms with van der Waals surface area (Å²) in [5.41, 5.74) is 4.03. The van der Waals surface area contributed by atoms with Crippen molar-refractivity contribution in [3.05, 3.63) is 23.8 Å². The molecule has 5 N–H and O–H groups in total. The number of hydrogen-bond donors (Lipinski definition) is 4. The number of nitrogens with one attached hydrogen (secondary N) is 3. The van der Waals surface area contributed by atoms with Crippen LogP contribution < -0.4 is 26.6 Å². The minimum Gasteiger partial charge on any atom is -0.495 e. The lowest BCUT2D eigenvalue weighted by Gasteiger charge is -2.12. The molecule has 1 amide bonds. The van der Waals surface area contributed by atoms with Crippen LogP contribution in [0, 0.1) is 0 Å². The van der Waals surface area contributed by atoms with E-state index in [1.54, 1.807) is 26.3 Å². The molecule has 0 radical (unpaired) electrons. The van der Waals surface area contributed by atoms with Crippen LogP contribution in [0.5, 0.6) is 5.75 Å². The van der Waals surface area contributed by atoms with Crippen LogP contribution in [-0.2, 0) is 0 Å². The zero-order valence-corrected chi connectivity index (χ0v) is 10.7. The van der Waals surface area contributed by atoms with E-state index >= 15 is 0 Å². The van der Waals surface area contributed by atoms with E-state index in [1.165, 1.54) is 0 Å². The molecule has 0 aliphatic carbocycles. The third kappa shape index (κ3) is 3.90. The molecule has 0 atom stereocenters. The summed E-state index contributed by atoms with van der Waals surface area (Å²) in [4.78, 5) is 11.5. The van der Waals surface area contributed by atoms with E-state index in [0.29, 0.717) is 11.3 Å². The van der Waals surface area contributed by atoms with Crippen molar-refractivity contribution in [1.82, 2.24) is 10.7 Å². The molecule has 0 saturated heterocycles. The Morgan fingerprint density at radius 3 is 2.78 bits per heavy atom. The first-order valence-corrected chi connectivity index (χ1v) is 5.80. The smallest absolute Gasteiger partial charge is 0.251 e. The van der Waals surface area contributed by atoms with Crippen molar-refractivity contribution in [3.63, 3.8) is 0 Å². The van der Waals surface area contributed by atoms with Gasteiger partial charge in [-0.2, -0.15) is 0 Å². The molecule has 0 spiro atoms. The molecule has 18 heavy (non-hydrogen) atoms. The third-order valence-electron chi connectivity index (χ3n) is 2.50. The number of benzene rings is 1. The third-order valence-corrected chi connectivity index (χ3v) is 2.50. The number of ether oxygens (including phenoxy) is 1. The lowest BCUT2D eigenvalue weighted by atomic mass is 10.1. The van der Waals surface area contributed by atoms with Crippen molar-refractivity contribution in [2.24, 2.45) is 5.84 Å². The van der Waals surface area contributed by atoms with Crippen LogP contribution >= 0.6 is 0 Å². The second-order valence-electron chi connectivity index (χ2n) is 3.73. The molecule has 0 heterocycles. The number of carbonyl (C=O) groups is 1. The van der Waals surface area contributed by atoms with E-state index in [4.69, 9.17) is 10.6 Å². The molecule has 0 unspecified atom stereocenters. The molecule has 0 saturated carbocycles. The van der Waals surface area contributed by atoms with E-state index in [1.807, 2.05) is 6.07 Å². The van der Waals surface area contributed by atoms with Gasteiger partial charge in [0.1, 0.15) is 5.75 Å². The van der Waals surface area contributed by atoms with Crippen LogP contribution in [0.2, 0.25) is 0 Å². The monoisotopic (exact) mass is 252 g/mol. The van der Waals surface area contributed by atoms with Gasteiger partial charge < -0.3 is 15.4 Å². The first-order valence-electron chi connectivity index (χ1n) is 5.80. The number of hydrogen-bond acceptors (Lipinski definition) is 5. The molecule has 6 heteroatoms. The van der Waals surface area contributed by atoms with Crippen LogP contribution in [0.25, 0.3) is 0 Å².